The maximum absolute atomic E-state index is 6.02. The van der Waals surface area contributed by atoms with Crippen LogP contribution in [-0.2, 0) is 0 Å². The van der Waals surface area contributed by atoms with Crippen LogP contribution in [0.2, 0.25) is 0 Å². The van der Waals surface area contributed by atoms with Crippen molar-refractivity contribution in [3.63, 3.8) is 0 Å². The first kappa shape index (κ1) is 11.4. The monoisotopic (exact) mass is 247 g/mol. The standard InChI is InChI=1S/C12H17N5O/c13-7-9-3-1-2-4-10(9)18-12-11-16-15-8-17(11)6-5-14-12/h5-6,8-10H,1-4,7,13H2. The molecular weight excluding hydrogens is 230 g/mol. The molecule has 1 aliphatic carbocycles. The Kier molecular flexibility index (Phi) is 3.10. The number of nitrogens with zero attached hydrogens (tertiary/aromatic N) is 4. The average Bonchev–Trinajstić information content (AvgIpc) is 2.89. The van der Waals surface area contributed by atoms with Crippen LogP contribution in [0, 0.1) is 5.92 Å². The molecule has 96 valence electrons. The fraction of sp³-hybridized carbons (Fsp3) is 0.583. The van der Waals surface area contributed by atoms with Crippen LogP contribution in [0.4, 0.5) is 0 Å². The summed E-state index contributed by atoms with van der Waals surface area (Å²) < 4.78 is 7.82. The zero-order valence-electron chi connectivity index (χ0n) is 10.2. The predicted molar refractivity (Wildman–Crippen MR) is 66.2 cm³/mol. The van der Waals surface area contributed by atoms with Crippen molar-refractivity contribution >= 4 is 5.65 Å². The van der Waals surface area contributed by atoms with Crippen LogP contribution in [0.1, 0.15) is 25.7 Å². The summed E-state index contributed by atoms with van der Waals surface area (Å²) >= 11 is 0. The number of aromatic nitrogens is 4. The second-order valence-corrected chi connectivity index (χ2v) is 4.73. The van der Waals surface area contributed by atoms with E-state index in [1.165, 1.54) is 12.8 Å². The van der Waals surface area contributed by atoms with Gasteiger partial charge in [-0.3, -0.25) is 4.40 Å². The number of fused-ring (bicyclic) bond motifs is 1. The number of hydrogen-bond donors (Lipinski definition) is 1. The van der Waals surface area contributed by atoms with Crippen molar-refractivity contribution in [2.24, 2.45) is 11.7 Å². The van der Waals surface area contributed by atoms with Crippen LogP contribution < -0.4 is 10.5 Å². The van der Waals surface area contributed by atoms with Crippen LogP contribution in [0.3, 0.4) is 0 Å². The lowest BCUT2D eigenvalue weighted by molar-refractivity contribution is 0.0933. The third-order valence-corrected chi connectivity index (χ3v) is 3.59. The molecule has 2 aromatic heterocycles. The van der Waals surface area contributed by atoms with Gasteiger partial charge in [-0.15, -0.1) is 10.2 Å². The third kappa shape index (κ3) is 2.03. The van der Waals surface area contributed by atoms with Gasteiger partial charge in [-0.05, 0) is 25.8 Å². The van der Waals surface area contributed by atoms with Crippen molar-refractivity contribution in [3.8, 4) is 5.88 Å². The molecule has 1 aliphatic rings. The number of ether oxygens (including phenoxy) is 1. The molecule has 1 fully saturated rings. The van der Waals surface area contributed by atoms with Crippen molar-refractivity contribution in [2.45, 2.75) is 31.8 Å². The first-order chi connectivity index (χ1) is 8.88. The van der Waals surface area contributed by atoms with Crippen molar-refractivity contribution in [2.75, 3.05) is 6.54 Å². The van der Waals surface area contributed by atoms with Gasteiger partial charge in [-0.25, -0.2) is 4.98 Å². The number of rotatable bonds is 3. The molecule has 0 radical (unpaired) electrons. The van der Waals surface area contributed by atoms with Crippen molar-refractivity contribution in [3.05, 3.63) is 18.7 Å². The molecule has 0 amide bonds. The third-order valence-electron chi connectivity index (χ3n) is 3.59. The van der Waals surface area contributed by atoms with E-state index >= 15 is 0 Å². The van der Waals surface area contributed by atoms with Gasteiger partial charge in [0.2, 0.25) is 5.65 Å². The van der Waals surface area contributed by atoms with Crippen LogP contribution >= 0.6 is 0 Å². The van der Waals surface area contributed by atoms with E-state index in [0.717, 1.165) is 12.8 Å². The molecule has 0 bridgehead atoms. The molecule has 2 atom stereocenters. The molecule has 3 rings (SSSR count). The summed E-state index contributed by atoms with van der Waals surface area (Å²) in [5.74, 6) is 0.976. The normalized spacial score (nSPS) is 24.3. The Bertz CT molecular complexity index is 526. The highest BCUT2D eigenvalue weighted by molar-refractivity contribution is 5.47. The Balaban J connectivity index is 1.84. The number of nitrogens with two attached hydrogens (primary N) is 1. The maximum atomic E-state index is 6.02. The van der Waals surface area contributed by atoms with Gasteiger partial charge in [0.05, 0.1) is 0 Å². The second-order valence-electron chi connectivity index (χ2n) is 4.73. The van der Waals surface area contributed by atoms with Crippen molar-refractivity contribution in [1.29, 1.82) is 0 Å². The summed E-state index contributed by atoms with van der Waals surface area (Å²) in [6.07, 6.45) is 9.91. The molecular formula is C12H17N5O. The Labute approximate surface area is 105 Å². The smallest absolute Gasteiger partial charge is 0.260 e. The van der Waals surface area contributed by atoms with Crippen LogP contribution in [0.15, 0.2) is 18.7 Å². The topological polar surface area (TPSA) is 78.3 Å². The minimum absolute atomic E-state index is 0.152. The van der Waals surface area contributed by atoms with Gasteiger partial charge < -0.3 is 10.5 Å². The quantitative estimate of drug-likeness (QED) is 0.876. The predicted octanol–water partition coefficient (Wildman–Crippen LogP) is 1.02. The van der Waals surface area contributed by atoms with E-state index in [1.54, 1.807) is 12.5 Å². The lowest BCUT2D eigenvalue weighted by atomic mass is 9.86. The Morgan fingerprint density at radius 1 is 1.39 bits per heavy atom. The van der Waals surface area contributed by atoms with E-state index < -0.39 is 0 Å². The molecule has 0 saturated heterocycles. The van der Waals surface area contributed by atoms with Crippen LogP contribution in [0.25, 0.3) is 5.65 Å². The van der Waals surface area contributed by atoms with E-state index in [9.17, 15) is 0 Å². The van der Waals surface area contributed by atoms with Crippen LogP contribution in [-0.4, -0.2) is 32.2 Å². The van der Waals surface area contributed by atoms with E-state index in [1.807, 2.05) is 10.6 Å². The van der Waals surface area contributed by atoms with Gasteiger partial charge >= 0.3 is 0 Å². The SMILES string of the molecule is NCC1CCCCC1Oc1nccn2cnnc12. The zero-order chi connectivity index (χ0) is 12.4. The molecule has 2 heterocycles. The highest BCUT2D eigenvalue weighted by Crippen LogP contribution is 2.28. The minimum Gasteiger partial charge on any atom is -0.471 e. The second kappa shape index (κ2) is 4.89. The van der Waals surface area contributed by atoms with Gasteiger partial charge in [0.15, 0.2) is 0 Å². The maximum Gasteiger partial charge on any atom is 0.260 e. The van der Waals surface area contributed by atoms with Gasteiger partial charge in [-0.2, -0.15) is 0 Å². The van der Waals surface area contributed by atoms with Gasteiger partial charge in [0, 0.05) is 18.3 Å². The van der Waals surface area contributed by atoms with Crippen LogP contribution in [0.5, 0.6) is 5.88 Å². The van der Waals surface area contributed by atoms with Gasteiger partial charge in [0.1, 0.15) is 12.4 Å². The summed E-state index contributed by atoms with van der Waals surface area (Å²) in [4.78, 5) is 4.26. The largest absolute Gasteiger partial charge is 0.471 e. The first-order valence-corrected chi connectivity index (χ1v) is 6.39. The Morgan fingerprint density at radius 2 is 2.28 bits per heavy atom. The van der Waals surface area contributed by atoms with Gasteiger partial charge in [0.25, 0.3) is 5.88 Å². The molecule has 0 aliphatic heterocycles. The highest BCUT2D eigenvalue weighted by Gasteiger charge is 2.26. The van der Waals surface area contributed by atoms with Gasteiger partial charge in [-0.1, -0.05) is 6.42 Å². The highest BCUT2D eigenvalue weighted by atomic mass is 16.5. The van der Waals surface area contributed by atoms with E-state index in [4.69, 9.17) is 10.5 Å². The van der Waals surface area contributed by atoms with E-state index in [2.05, 4.69) is 15.2 Å². The Hall–Kier alpha value is -1.69. The fourth-order valence-corrected chi connectivity index (χ4v) is 2.56. The molecule has 1 saturated carbocycles. The molecule has 2 aromatic rings. The minimum atomic E-state index is 0.152. The zero-order valence-corrected chi connectivity index (χ0v) is 10.2. The summed E-state index contributed by atoms with van der Waals surface area (Å²) in [6, 6.07) is 0. The summed E-state index contributed by atoms with van der Waals surface area (Å²) in [5, 5.41) is 7.89. The summed E-state index contributed by atoms with van der Waals surface area (Å²) in [5.41, 5.74) is 6.47. The Morgan fingerprint density at radius 3 is 3.17 bits per heavy atom. The average molecular weight is 247 g/mol. The number of hydrogen-bond acceptors (Lipinski definition) is 5. The van der Waals surface area contributed by atoms with Crippen molar-refractivity contribution in [1.82, 2.24) is 19.6 Å². The molecule has 2 unspecified atom stereocenters. The molecule has 18 heavy (non-hydrogen) atoms. The molecule has 2 N–H and O–H groups in total. The summed E-state index contributed by atoms with van der Waals surface area (Å²) in [7, 11) is 0. The van der Waals surface area contributed by atoms with E-state index in [-0.39, 0.29) is 6.10 Å². The fourth-order valence-electron chi connectivity index (χ4n) is 2.56. The first-order valence-electron chi connectivity index (χ1n) is 6.39. The van der Waals surface area contributed by atoms with E-state index in [0.29, 0.717) is 24.0 Å². The lowest BCUT2D eigenvalue weighted by Crippen LogP contribution is -2.35. The molecule has 0 aromatic carbocycles. The summed E-state index contributed by atoms with van der Waals surface area (Å²) in [6.45, 7) is 0.667. The molecule has 6 heteroatoms. The van der Waals surface area contributed by atoms with Crippen molar-refractivity contribution < 1.29 is 4.74 Å². The molecule has 6 nitrogen and oxygen atoms in total. The molecule has 0 spiro atoms. The lowest BCUT2D eigenvalue weighted by Gasteiger charge is -2.30.